The Morgan fingerprint density at radius 1 is 1.35 bits per heavy atom. The van der Waals surface area contributed by atoms with Crippen LogP contribution in [0.3, 0.4) is 0 Å². The van der Waals surface area contributed by atoms with Crippen LogP contribution in [0.15, 0.2) is 27.8 Å². The number of terminal acetylenes is 1. The van der Waals surface area contributed by atoms with Crippen molar-refractivity contribution in [3.63, 3.8) is 0 Å². The van der Waals surface area contributed by atoms with Gasteiger partial charge in [0, 0.05) is 6.54 Å². The lowest BCUT2D eigenvalue weighted by molar-refractivity contribution is 0.234. The molecule has 0 saturated carbocycles. The molecular formula is C18H24FN5O2. The molecule has 0 aliphatic rings. The van der Waals surface area contributed by atoms with Crippen LogP contribution in [0.4, 0.5) is 15.9 Å². The molecule has 0 spiro atoms. The number of aromatic nitrogens is 2. The standard InChI is InChI=1S/C16H18FN5O2.C2H6/c1-3-5-6-9-18-15-14(21-24-22-15)16(20-23)19-12-7-8-13(17)11(4-2)10-12;1-2/h2,7-8,10,23H,3,5-6,9H2,1H3,(H,18,22)(H,19,20);1-2H3. The maximum absolute atomic E-state index is 13.4. The Balaban J connectivity index is 0.00000163. The van der Waals surface area contributed by atoms with E-state index in [-0.39, 0.29) is 17.1 Å². The van der Waals surface area contributed by atoms with Crippen LogP contribution in [0.2, 0.25) is 0 Å². The summed E-state index contributed by atoms with van der Waals surface area (Å²) in [6.45, 7) is 6.79. The molecule has 8 heteroatoms. The summed E-state index contributed by atoms with van der Waals surface area (Å²) >= 11 is 0. The average Bonchev–Trinajstić information content (AvgIpc) is 3.14. The largest absolute Gasteiger partial charge is 0.365 e. The van der Waals surface area contributed by atoms with Crippen LogP contribution < -0.4 is 10.8 Å². The van der Waals surface area contributed by atoms with Crippen molar-refractivity contribution in [2.24, 2.45) is 4.99 Å². The molecule has 1 heterocycles. The first kappa shape index (κ1) is 21.1. The van der Waals surface area contributed by atoms with Crippen molar-refractivity contribution >= 4 is 17.3 Å². The van der Waals surface area contributed by atoms with Gasteiger partial charge in [0.05, 0.1) is 11.3 Å². The Bertz CT molecular complexity index is 752. The molecule has 0 atom stereocenters. The van der Waals surface area contributed by atoms with Gasteiger partial charge in [-0.1, -0.05) is 39.5 Å². The fraction of sp³-hybridized carbons (Fsp3) is 0.389. The maximum Gasteiger partial charge on any atom is 0.202 e. The minimum Gasteiger partial charge on any atom is -0.365 e. The Kier molecular flexibility index (Phi) is 9.43. The molecule has 0 unspecified atom stereocenters. The summed E-state index contributed by atoms with van der Waals surface area (Å²) in [5, 5.41) is 19.9. The van der Waals surface area contributed by atoms with Crippen LogP contribution in [0.5, 0.6) is 0 Å². The highest BCUT2D eigenvalue weighted by atomic mass is 19.1. The van der Waals surface area contributed by atoms with Crippen molar-refractivity contribution in [3.8, 4) is 12.3 Å². The number of nitrogens with zero attached hydrogens (tertiary/aromatic N) is 3. The monoisotopic (exact) mass is 361 g/mol. The van der Waals surface area contributed by atoms with E-state index in [0.717, 1.165) is 19.3 Å². The molecule has 3 N–H and O–H groups in total. The van der Waals surface area contributed by atoms with Gasteiger partial charge in [-0.15, -0.1) is 6.42 Å². The minimum atomic E-state index is -0.517. The Hall–Kier alpha value is -2.92. The van der Waals surface area contributed by atoms with Crippen LogP contribution in [-0.4, -0.2) is 27.9 Å². The molecule has 0 fully saturated rings. The molecule has 0 radical (unpaired) electrons. The van der Waals surface area contributed by atoms with Crippen molar-refractivity contribution in [3.05, 3.63) is 35.3 Å². The molecule has 0 saturated heterocycles. The zero-order chi connectivity index (χ0) is 19.4. The first-order chi connectivity index (χ1) is 12.7. The number of amidine groups is 1. The highest BCUT2D eigenvalue weighted by molar-refractivity contribution is 6.01. The van der Waals surface area contributed by atoms with E-state index in [2.05, 4.69) is 33.5 Å². The Morgan fingerprint density at radius 2 is 2.12 bits per heavy atom. The van der Waals surface area contributed by atoms with Crippen LogP contribution in [0.25, 0.3) is 0 Å². The quantitative estimate of drug-likeness (QED) is 0.228. The molecule has 1 aromatic carbocycles. The van der Waals surface area contributed by atoms with Gasteiger partial charge in [-0.2, -0.15) is 0 Å². The fourth-order valence-electron chi connectivity index (χ4n) is 2.00. The van der Waals surface area contributed by atoms with Crippen LogP contribution in [0.1, 0.15) is 51.3 Å². The van der Waals surface area contributed by atoms with Gasteiger partial charge in [-0.05, 0) is 34.9 Å². The van der Waals surface area contributed by atoms with Gasteiger partial charge in [0.2, 0.25) is 5.82 Å². The lowest BCUT2D eigenvalue weighted by Gasteiger charge is -2.05. The molecule has 0 amide bonds. The van der Waals surface area contributed by atoms with Crippen LogP contribution >= 0.6 is 0 Å². The SMILES string of the molecule is C#Cc1cc(N=C(NO)c2nonc2NCCCCC)ccc1F.CC. The predicted octanol–water partition coefficient (Wildman–Crippen LogP) is 3.88. The zero-order valence-corrected chi connectivity index (χ0v) is 15.2. The summed E-state index contributed by atoms with van der Waals surface area (Å²) < 4.78 is 18.1. The Labute approximate surface area is 152 Å². The minimum absolute atomic E-state index is 0.00354. The molecular weight excluding hydrogens is 337 g/mol. The average molecular weight is 361 g/mol. The highest BCUT2D eigenvalue weighted by Crippen LogP contribution is 2.19. The smallest absolute Gasteiger partial charge is 0.202 e. The number of halogens is 1. The van der Waals surface area contributed by atoms with Crippen LogP contribution in [-0.2, 0) is 0 Å². The van der Waals surface area contributed by atoms with Crippen molar-refractivity contribution in [1.82, 2.24) is 15.8 Å². The van der Waals surface area contributed by atoms with Gasteiger partial charge >= 0.3 is 0 Å². The summed E-state index contributed by atoms with van der Waals surface area (Å²) in [4.78, 5) is 4.17. The lowest BCUT2D eigenvalue weighted by Crippen LogP contribution is -2.22. The lowest BCUT2D eigenvalue weighted by atomic mass is 10.2. The first-order valence-corrected chi connectivity index (χ1v) is 8.51. The van der Waals surface area contributed by atoms with Crippen molar-refractivity contribution in [2.75, 3.05) is 11.9 Å². The van der Waals surface area contributed by atoms with E-state index < -0.39 is 5.82 Å². The van der Waals surface area contributed by atoms with Crippen molar-refractivity contribution in [2.45, 2.75) is 40.0 Å². The van der Waals surface area contributed by atoms with E-state index in [1.165, 1.54) is 18.2 Å². The number of nitrogens with one attached hydrogen (secondary N) is 2. The molecule has 0 aliphatic heterocycles. The molecule has 0 bridgehead atoms. The molecule has 7 nitrogen and oxygen atoms in total. The predicted molar refractivity (Wildman–Crippen MR) is 99.1 cm³/mol. The van der Waals surface area contributed by atoms with Gasteiger partial charge in [0.1, 0.15) is 5.82 Å². The number of hydroxylamine groups is 1. The topological polar surface area (TPSA) is 95.6 Å². The van der Waals surface area contributed by atoms with E-state index in [0.29, 0.717) is 18.1 Å². The van der Waals surface area contributed by atoms with E-state index in [9.17, 15) is 9.60 Å². The maximum atomic E-state index is 13.4. The van der Waals surface area contributed by atoms with Crippen molar-refractivity contribution < 1.29 is 14.2 Å². The Morgan fingerprint density at radius 3 is 2.77 bits per heavy atom. The van der Waals surface area contributed by atoms with E-state index in [1.54, 1.807) is 0 Å². The summed E-state index contributed by atoms with van der Waals surface area (Å²) in [5.41, 5.74) is 2.58. The second kappa shape index (κ2) is 11.6. The number of unbranched alkanes of at least 4 members (excludes halogenated alkanes) is 2. The van der Waals surface area contributed by atoms with E-state index in [1.807, 2.05) is 19.3 Å². The third-order valence-electron chi connectivity index (χ3n) is 3.24. The summed E-state index contributed by atoms with van der Waals surface area (Å²) in [7, 11) is 0. The first-order valence-electron chi connectivity index (χ1n) is 8.51. The van der Waals surface area contributed by atoms with Crippen LogP contribution in [0, 0.1) is 18.2 Å². The van der Waals surface area contributed by atoms with Crippen molar-refractivity contribution in [1.29, 1.82) is 0 Å². The number of benzene rings is 1. The normalized spacial score (nSPS) is 10.5. The molecule has 26 heavy (non-hydrogen) atoms. The molecule has 0 aliphatic carbocycles. The van der Waals surface area contributed by atoms with Gasteiger partial charge in [0.25, 0.3) is 0 Å². The third-order valence-corrected chi connectivity index (χ3v) is 3.24. The fourth-order valence-corrected chi connectivity index (χ4v) is 2.00. The molecule has 140 valence electrons. The van der Waals surface area contributed by atoms with E-state index in [4.69, 9.17) is 11.1 Å². The molecule has 2 aromatic rings. The number of rotatable bonds is 7. The number of hydrogen-bond donors (Lipinski definition) is 3. The van der Waals surface area contributed by atoms with E-state index >= 15 is 0 Å². The second-order valence-corrected chi connectivity index (χ2v) is 4.98. The highest BCUT2D eigenvalue weighted by Gasteiger charge is 2.16. The summed E-state index contributed by atoms with van der Waals surface area (Å²) in [6, 6.07) is 4.01. The summed E-state index contributed by atoms with van der Waals surface area (Å²) in [5.74, 6) is 2.07. The molecule has 2 rings (SSSR count). The number of hydrogen-bond acceptors (Lipinski definition) is 6. The van der Waals surface area contributed by atoms with Gasteiger partial charge < -0.3 is 5.32 Å². The van der Waals surface area contributed by atoms with Gasteiger partial charge in [0.15, 0.2) is 11.5 Å². The third kappa shape index (κ3) is 5.86. The van der Waals surface area contributed by atoms with Gasteiger partial charge in [-0.25, -0.2) is 14.0 Å². The number of anilines is 1. The zero-order valence-electron chi connectivity index (χ0n) is 15.2. The number of aliphatic imine (C=N–C) groups is 1. The molecule has 1 aromatic heterocycles. The summed E-state index contributed by atoms with van der Waals surface area (Å²) in [6.07, 6.45) is 8.37. The van der Waals surface area contributed by atoms with Gasteiger partial charge in [-0.3, -0.25) is 10.7 Å². The second-order valence-electron chi connectivity index (χ2n) is 4.98.